The van der Waals surface area contributed by atoms with E-state index >= 15 is 0 Å². The van der Waals surface area contributed by atoms with E-state index < -0.39 is 28.8 Å². The summed E-state index contributed by atoms with van der Waals surface area (Å²) in [5, 5.41) is 20.5. The molecular formula is C13H11N2O4Se+. The summed E-state index contributed by atoms with van der Waals surface area (Å²) in [4.78, 5) is 20.7. The second-order valence-corrected chi connectivity index (χ2v) is 8.14. The molecule has 7 heteroatoms. The molecule has 102 valence electrons. The molecule has 0 unspecified atom stereocenters. The van der Waals surface area contributed by atoms with Gasteiger partial charge in [0, 0.05) is 0 Å². The predicted molar refractivity (Wildman–Crippen MR) is 75.7 cm³/mol. The van der Waals surface area contributed by atoms with E-state index in [0.717, 1.165) is 0 Å². The van der Waals surface area contributed by atoms with Crippen LogP contribution in [0.2, 0.25) is 0 Å². The van der Waals surface area contributed by atoms with Crippen LogP contribution in [0.4, 0.5) is 0 Å². The second kappa shape index (κ2) is 6.27. The third-order valence-electron chi connectivity index (χ3n) is 2.57. The van der Waals surface area contributed by atoms with Crippen LogP contribution in [0.15, 0.2) is 60.7 Å². The molecule has 0 bridgehead atoms. The normalized spacial score (nSPS) is 10.7. The molecule has 0 aliphatic rings. The van der Waals surface area contributed by atoms with Crippen LogP contribution in [0.1, 0.15) is 0 Å². The van der Waals surface area contributed by atoms with Crippen LogP contribution in [-0.4, -0.2) is 28.8 Å². The van der Waals surface area contributed by atoms with E-state index in [1.54, 1.807) is 60.7 Å². The quantitative estimate of drug-likeness (QED) is 0.348. The average molecular weight is 338 g/mol. The Kier molecular flexibility index (Phi) is 4.45. The van der Waals surface area contributed by atoms with Crippen molar-refractivity contribution in [1.82, 2.24) is 0 Å². The molecule has 0 N–H and O–H groups in total. The molecule has 0 aromatic heterocycles. The Hall–Kier alpha value is -2.24. The minimum atomic E-state index is -2.41. The van der Waals surface area contributed by atoms with E-state index in [1.165, 1.54) is 0 Å². The van der Waals surface area contributed by atoms with Gasteiger partial charge in [-0.3, -0.25) is 0 Å². The number of hydrogen-bond acceptors (Lipinski definition) is 4. The van der Waals surface area contributed by atoms with Crippen LogP contribution in [0, 0.1) is 20.2 Å². The van der Waals surface area contributed by atoms with Crippen molar-refractivity contribution in [3.05, 3.63) is 80.9 Å². The summed E-state index contributed by atoms with van der Waals surface area (Å²) in [6, 6.07) is 17.4. The molecule has 2 rings (SSSR count). The van der Waals surface area contributed by atoms with Gasteiger partial charge in [-0.25, -0.2) is 0 Å². The van der Waals surface area contributed by atoms with Crippen molar-refractivity contribution in [2.75, 3.05) is 0 Å². The standard InChI is InChI=1S/C13H11N2O4Se/c16-14(17)13(15(18)19)20(11-7-3-1-4-8-11)12-9-5-2-6-10-12/h1-10,13H/q+1. The van der Waals surface area contributed by atoms with Gasteiger partial charge in [0.2, 0.25) is 0 Å². The third-order valence-corrected chi connectivity index (χ3v) is 7.45. The van der Waals surface area contributed by atoms with E-state index in [0.29, 0.717) is 8.92 Å². The molecular weight excluding hydrogens is 327 g/mol. The summed E-state index contributed by atoms with van der Waals surface area (Å²) < 4.78 is 1.36. The molecule has 6 nitrogen and oxygen atoms in total. The first-order chi connectivity index (χ1) is 9.61. The monoisotopic (exact) mass is 339 g/mol. The van der Waals surface area contributed by atoms with Crippen molar-refractivity contribution >= 4 is 22.8 Å². The van der Waals surface area contributed by atoms with Gasteiger partial charge in [-0.1, -0.05) is 0 Å². The number of nitro groups is 2. The molecule has 0 saturated carbocycles. The molecule has 20 heavy (non-hydrogen) atoms. The van der Waals surface area contributed by atoms with E-state index in [1.807, 2.05) is 0 Å². The number of benzene rings is 2. The number of hydrogen-bond donors (Lipinski definition) is 0. The molecule has 2 aromatic carbocycles. The molecule has 2 aromatic rings. The van der Waals surface area contributed by atoms with E-state index in [9.17, 15) is 20.2 Å². The van der Waals surface area contributed by atoms with Gasteiger partial charge in [0.25, 0.3) is 0 Å². The van der Waals surface area contributed by atoms with Gasteiger partial charge in [0.15, 0.2) is 0 Å². The van der Waals surface area contributed by atoms with Crippen LogP contribution in [-0.2, 0) is 0 Å². The van der Waals surface area contributed by atoms with Crippen LogP contribution in [0.5, 0.6) is 0 Å². The molecule has 0 fully saturated rings. The van der Waals surface area contributed by atoms with Crippen molar-refractivity contribution in [2.24, 2.45) is 0 Å². The number of nitrogens with zero attached hydrogens (tertiary/aromatic N) is 2. The van der Waals surface area contributed by atoms with Gasteiger partial charge in [-0.2, -0.15) is 0 Å². The van der Waals surface area contributed by atoms with Gasteiger partial charge in [0.1, 0.15) is 0 Å². The summed E-state index contributed by atoms with van der Waals surface area (Å²) in [5.74, 6) is 0. The van der Waals surface area contributed by atoms with E-state index in [-0.39, 0.29) is 0 Å². The zero-order valence-corrected chi connectivity index (χ0v) is 12.0. The summed E-state index contributed by atoms with van der Waals surface area (Å²) in [7, 11) is 0. The van der Waals surface area contributed by atoms with Gasteiger partial charge in [0.05, 0.1) is 0 Å². The van der Waals surface area contributed by atoms with Crippen molar-refractivity contribution in [3.63, 3.8) is 0 Å². The molecule has 0 atom stereocenters. The molecule has 0 amide bonds. The Balaban J connectivity index is 2.55. The van der Waals surface area contributed by atoms with E-state index in [4.69, 9.17) is 0 Å². The Morgan fingerprint density at radius 2 is 1.10 bits per heavy atom. The fraction of sp³-hybridized carbons (Fsp3) is 0.0769. The molecule has 0 heterocycles. The topological polar surface area (TPSA) is 86.3 Å². The van der Waals surface area contributed by atoms with Crippen molar-refractivity contribution in [1.29, 1.82) is 0 Å². The number of rotatable bonds is 5. The molecule has 0 aliphatic carbocycles. The van der Waals surface area contributed by atoms with Crippen molar-refractivity contribution in [3.8, 4) is 0 Å². The van der Waals surface area contributed by atoms with E-state index in [2.05, 4.69) is 0 Å². The predicted octanol–water partition coefficient (Wildman–Crippen LogP) is 0.714. The van der Waals surface area contributed by atoms with Gasteiger partial charge >= 0.3 is 119 Å². The van der Waals surface area contributed by atoms with Crippen molar-refractivity contribution < 1.29 is 9.85 Å². The zero-order valence-electron chi connectivity index (χ0n) is 10.3. The zero-order chi connectivity index (χ0) is 14.5. The maximum absolute atomic E-state index is 11.1. The SMILES string of the molecule is O=[N+]([O-])C([N+](=O)[O-])[Se+](c1ccccc1)c1ccccc1. The van der Waals surface area contributed by atoms with Crippen LogP contribution < -0.4 is 8.92 Å². The molecule has 0 radical (unpaired) electrons. The minimum absolute atomic E-state index is 0.678. The second-order valence-electron chi connectivity index (χ2n) is 3.86. The fourth-order valence-electron chi connectivity index (χ4n) is 1.76. The molecule has 0 spiro atoms. The Morgan fingerprint density at radius 3 is 1.40 bits per heavy atom. The van der Waals surface area contributed by atoms with Crippen LogP contribution in [0.25, 0.3) is 0 Å². The Bertz CT molecular complexity index is 553. The van der Waals surface area contributed by atoms with Crippen LogP contribution in [0.3, 0.4) is 0 Å². The first-order valence-corrected chi connectivity index (χ1v) is 8.41. The Labute approximate surface area is 119 Å². The van der Waals surface area contributed by atoms with Gasteiger partial charge < -0.3 is 0 Å². The summed E-state index contributed by atoms with van der Waals surface area (Å²) >= 11 is -2.41. The fourth-order valence-corrected chi connectivity index (χ4v) is 5.97. The van der Waals surface area contributed by atoms with Crippen LogP contribution >= 0.6 is 0 Å². The summed E-state index contributed by atoms with van der Waals surface area (Å²) in [5.41, 5.74) is 0. The average Bonchev–Trinajstić information content (AvgIpc) is 2.45. The first kappa shape index (κ1) is 14.2. The third kappa shape index (κ3) is 3.01. The van der Waals surface area contributed by atoms with Gasteiger partial charge in [-0.05, 0) is 0 Å². The van der Waals surface area contributed by atoms with Crippen molar-refractivity contribution in [2.45, 2.75) is 5.06 Å². The first-order valence-electron chi connectivity index (χ1n) is 5.71. The summed E-state index contributed by atoms with van der Waals surface area (Å²) in [6.07, 6.45) is 0. The Morgan fingerprint density at radius 1 is 0.750 bits per heavy atom. The molecule has 0 aliphatic heterocycles. The summed E-state index contributed by atoms with van der Waals surface area (Å²) in [6.45, 7) is 0. The maximum atomic E-state index is 11.1. The van der Waals surface area contributed by atoms with Gasteiger partial charge in [-0.15, -0.1) is 0 Å². The molecule has 0 saturated heterocycles.